The smallest absolute Gasteiger partial charge is 0.481 e. The van der Waals surface area contributed by atoms with E-state index in [-0.39, 0.29) is 42.3 Å². The van der Waals surface area contributed by atoms with Crippen molar-refractivity contribution < 1.29 is 41.8 Å². The number of amides is 2. The summed E-state index contributed by atoms with van der Waals surface area (Å²) in [7, 11) is 0. The van der Waals surface area contributed by atoms with Crippen LogP contribution in [-0.4, -0.2) is 46.2 Å². The summed E-state index contributed by atoms with van der Waals surface area (Å²) in [6, 6.07) is 7.83. The fourth-order valence-corrected chi connectivity index (χ4v) is 5.88. The molecule has 0 radical (unpaired) electrons. The van der Waals surface area contributed by atoms with Gasteiger partial charge in [0.25, 0.3) is 5.91 Å². The van der Waals surface area contributed by atoms with Crippen LogP contribution < -0.4 is 9.64 Å². The molecular weight excluding hydrogens is 508 g/mol. The van der Waals surface area contributed by atoms with Crippen LogP contribution in [0.3, 0.4) is 0 Å². The maximum absolute atomic E-state index is 14.6. The number of carboxylic acids is 1. The van der Waals surface area contributed by atoms with Crippen molar-refractivity contribution in [3.05, 3.63) is 59.4 Å². The van der Waals surface area contributed by atoms with Gasteiger partial charge in [0.05, 0.1) is 12.5 Å². The van der Waals surface area contributed by atoms with E-state index in [9.17, 15) is 31.9 Å². The van der Waals surface area contributed by atoms with Gasteiger partial charge in [-0.15, -0.1) is 13.2 Å². The minimum absolute atomic E-state index is 0.0675. The van der Waals surface area contributed by atoms with Crippen molar-refractivity contribution >= 4 is 23.5 Å². The number of alkyl halides is 3. The Bertz CT molecular complexity index is 1250. The van der Waals surface area contributed by atoms with E-state index >= 15 is 0 Å². The summed E-state index contributed by atoms with van der Waals surface area (Å²) >= 11 is 0. The second kappa shape index (κ2) is 9.92. The lowest BCUT2D eigenvalue weighted by atomic mass is 9.81. The number of hydrogen-bond donors (Lipinski definition) is 1. The van der Waals surface area contributed by atoms with Crippen LogP contribution in [0.4, 0.5) is 23.2 Å². The van der Waals surface area contributed by atoms with Gasteiger partial charge < -0.3 is 19.6 Å². The van der Waals surface area contributed by atoms with Crippen LogP contribution in [-0.2, 0) is 9.59 Å². The van der Waals surface area contributed by atoms with Crippen molar-refractivity contribution in [1.29, 1.82) is 0 Å². The van der Waals surface area contributed by atoms with Crippen molar-refractivity contribution in [2.75, 3.05) is 4.90 Å². The SMILES string of the molecule is O=C(O)CCC(=O)N(C1CC1)[C@H]1c2cc(F)ccc2N(C(=O)c2ccc(OC(F)(F)F)cc2)[C@H]2CCC[C@@H]21. The zero-order valence-electron chi connectivity index (χ0n) is 20.3. The third kappa shape index (κ3) is 5.19. The molecule has 2 aliphatic carbocycles. The fraction of sp³-hybridized carbons (Fsp3) is 0.444. The molecular formula is C27H26F4N2O5. The average Bonchev–Trinajstić information content (AvgIpc) is 3.57. The van der Waals surface area contributed by atoms with Crippen molar-refractivity contribution in [3.63, 3.8) is 0 Å². The fourth-order valence-electron chi connectivity index (χ4n) is 5.88. The van der Waals surface area contributed by atoms with E-state index in [1.165, 1.54) is 30.3 Å². The molecule has 38 heavy (non-hydrogen) atoms. The molecule has 0 spiro atoms. The van der Waals surface area contributed by atoms with Crippen LogP contribution in [0.15, 0.2) is 42.5 Å². The highest BCUT2D eigenvalue weighted by Gasteiger charge is 2.51. The number of rotatable bonds is 7. The monoisotopic (exact) mass is 534 g/mol. The molecule has 1 aliphatic heterocycles. The summed E-state index contributed by atoms with van der Waals surface area (Å²) < 4.78 is 56.2. The van der Waals surface area contributed by atoms with E-state index < -0.39 is 35.8 Å². The molecule has 1 N–H and O–H groups in total. The maximum Gasteiger partial charge on any atom is 0.573 e. The predicted molar refractivity (Wildman–Crippen MR) is 127 cm³/mol. The summed E-state index contributed by atoms with van der Waals surface area (Å²) in [5.41, 5.74) is 1.07. The topological polar surface area (TPSA) is 87.2 Å². The number of carbonyl (C=O) groups is 3. The molecule has 5 rings (SSSR count). The van der Waals surface area contributed by atoms with E-state index in [0.717, 1.165) is 31.4 Å². The van der Waals surface area contributed by atoms with Crippen LogP contribution >= 0.6 is 0 Å². The Balaban J connectivity index is 1.52. The van der Waals surface area contributed by atoms with Gasteiger partial charge in [0.2, 0.25) is 5.91 Å². The lowest BCUT2D eigenvalue weighted by Crippen LogP contribution is -2.53. The molecule has 3 aliphatic rings. The van der Waals surface area contributed by atoms with Gasteiger partial charge in [-0.2, -0.15) is 0 Å². The zero-order chi connectivity index (χ0) is 27.2. The minimum atomic E-state index is -4.86. The van der Waals surface area contributed by atoms with E-state index in [2.05, 4.69) is 4.74 Å². The molecule has 2 aromatic rings. The third-order valence-electron chi connectivity index (χ3n) is 7.47. The van der Waals surface area contributed by atoms with Crippen LogP contribution in [0.5, 0.6) is 5.75 Å². The van der Waals surface area contributed by atoms with Gasteiger partial charge in [-0.05, 0) is 68.1 Å². The number of hydrogen-bond acceptors (Lipinski definition) is 4. The summed E-state index contributed by atoms with van der Waals surface area (Å²) in [5, 5.41) is 9.10. The Labute approximate surface area is 216 Å². The molecule has 7 nitrogen and oxygen atoms in total. The first kappa shape index (κ1) is 26.0. The van der Waals surface area contributed by atoms with Gasteiger partial charge in [0.15, 0.2) is 0 Å². The van der Waals surface area contributed by atoms with Gasteiger partial charge >= 0.3 is 12.3 Å². The number of aliphatic carboxylic acids is 1. The number of carboxylic acid groups (broad SMARTS) is 1. The third-order valence-corrected chi connectivity index (χ3v) is 7.47. The van der Waals surface area contributed by atoms with E-state index in [0.29, 0.717) is 24.1 Å². The summed E-state index contributed by atoms with van der Waals surface area (Å²) in [4.78, 5) is 41.4. The Morgan fingerprint density at radius 3 is 2.34 bits per heavy atom. The molecule has 1 heterocycles. The van der Waals surface area contributed by atoms with Gasteiger partial charge in [-0.3, -0.25) is 14.4 Å². The highest BCUT2D eigenvalue weighted by molar-refractivity contribution is 6.07. The molecule has 2 saturated carbocycles. The molecule has 0 bridgehead atoms. The number of nitrogens with zero attached hydrogens (tertiary/aromatic N) is 2. The number of carbonyl (C=O) groups excluding carboxylic acids is 2. The van der Waals surface area contributed by atoms with Crippen LogP contribution in [0, 0.1) is 11.7 Å². The molecule has 3 atom stereocenters. The first-order valence-corrected chi connectivity index (χ1v) is 12.6. The Hall–Kier alpha value is -3.63. The standard InChI is InChI=1S/C27H26F4N2O5/c28-16-6-11-22-20(14-16)25(32(17-7-8-17)23(34)12-13-24(35)36)19-2-1-3-21(19)33(22)26(37)15-4-9-18(10-5-15)38-27(29,30)31/h4-6,9-11,14,17,19,21,25H,1-3,7-8,12-13H2,(H,35,36)/t19-,21-,25+/m0/s1. The van der Waals surface area contributed by atoms with Crippen molar-refractivity contribution in [1.82, 2.24) is 4.90 Å². The van der Waals surface area contributed by atoms with Crippen LogP contribution in [0.2, 0.25) is 0 Å². The normalized spacial score (nSPS) is 22.4. The quantitative estimate of drug-likeness (QED) is 0.478. The zero-order valence-corrected chi connectivity index (χ0v) is 20.3. The predicted octanol–water partition coefficient (Wildman–Crippen LogP) is 5.45. The van der Waals surface area contributed by atoms with Crippen LogP contribution in [0.25, 0.3) is 0 Å². The molecule has 0 unspecified atom stereocenters. The lowest BCUT2D eigenvalue weighted by Gasteiger charge is -2.48. The second-order valence-corrected chi connectivity index (χ2v) is 9.98. The highest BCUT2D eigenvalue weighted by atomic mass is 19.4. The highest BCUT2D eigenvalue weighted by Crippen LogP contribution is 2.53. The Kier molecular flexibility index (Phi) is 6.79. The minimum Gasteiger partial charge on any atom is -0.481 e. The summed E-state index contributed by atoms with van der Waals surface area (Å²) in [6.07, 6.45) is -1.70. The largest absolute Gasteiger partial charge is 0.573 e. The number of benzene rings is 2. The first-order valence-electron chi connectivity index (χ1n) is 12.6. The molecule has 2 fully saturated rings. The maximum atomic E-state index is 14.6. The number of anilines is 1. The van der Waals surface area contributed by atoms with Crippen molar-refractivity contribution in [2.24, 2.45) is 5.92 Å². The van der Waals surface area contributed by atoms with Gasteiger partial charge in [-0.25, -0.2) is 4.39 Å². The van der Waals surface area contributed by atoms with Crippen LogP contribution in [0.1, 0.15) is 66.9 Å². The molecule has 0 aromatic heterocycles. The lowest BCUT2D eigenvalue weighted by molar-refractivity contribution is -0.274. The molecule has 2 aromatic carbocycles. The first-order chi connectivity index (χ1) is 18.0. The molecule has 202 valence electrons. The van der Waals surface area contributed by atoms with Gasteiger partial charge in [0.1, 0.15) is 11.6 Å². The Morgan fingerprint density at radius 2 is 1.71 bits per heavy atom. The van der Waals surface area contributed by atoms with Crippen molar-refractivity contribution in [3.8, 4) is 5.75 Å². The Morgan fingerprint density at radius 1 is 1.00 bits per heavy atom. The van der Waals surface area contributed by atoms with Gasteiger partial charge in [0, 0.05) is 41.2 Å². The second-order valence-electron chi connectivity index (χ2n) is 9.98. The van der Waals surface area contributed by atoms with E-state index in [1.54, 1.807) is 9.80 Å². The molecule has 2 amide bonds. The van der Waals surface area contributed by atoms with E-state index in [4.69, 9.17) is 5.11 Å². The number of fused-ring (bicyclic) bond motifs is 2. The summed E-state index contributed by atoms with van der Waals surface area (Å²) in [5.74, 6) is -3.00. The average molecular weight is 535 g/mol. The van der Waals surface area contributed by atoms with Gasteiger partial charge in [-0.1, -0.05) is 6.42 Å². The number of ether oxygens (including phenoxy) is 1. The number of halogens is 4. The molecule has 0 saturated heterocycles. The van der Waals surface area contributed by atoms with Crippen molar-refractivity contribution in [2.45, 2.75) is 69.4 Å². The molecule has 11 heteroatoms. The van der Waals surface area contributed by atoms with E-state index in [1.807, 2.05) is 0 Å². The summed E-state index contributed by atoms with van der Waals surface area (Å²) in [6.45, 7) is 0.